The van der Waals surface area contributed by atoms with Crippen molar-refractivity contribution in [2.75, 3.05) is 44.2 Å². The highest BCUT2D eigenvalue weighted by Gasteiger charge is 2.45. The highest BCUT2D eigenvalue weighted by molar-refractivity contribution is 5.96. The molecule has 0 aromatic heterocycles. The second kappa shape index (κ2) is 7.07. The van der Waals surface area contributed by atoms with E-state index in [-0.39, 0.29) is 11.3 Å². The molecule has 3 heterocycles. The second-order valence-electron chi connectivity index (χ2n) is 8.93. The van der Waals surface area contributed by atoms with Crippen LogP contribution in [0.5, 0.6) is 5.75 Å². The zero-order chi connectivity index (χ0) is 19.1. The van der Waals surface area contributed by atoms with Gasteiger partial charge in [-0.25, -0.2) is 0 Å². The number of rotatable bonds is 3. The molecule has 1 atom stereocenters. The maximum absolute atomic E-state index is 13.1. The van der Waals surface area contributed by atoms with Crippen LogP contribution in [0.2, 0.25) is 0 Å². The summed E-state index contributed by atoms with van der Waals surface area (Å²) in [5, 5.41) is 0. The third-order valence-electron chi connectivity index (χ3n) is 6.81. The highest BCUT2D eigenvalue weighted by atomic mass is 16.5. The van der Waals surface area contributed by atoms with E-state index < -0.39 is 0 Å². The van der Waals surface area contributed by atoms with Gasteiger partial charge in [0.05, 0.1) is 18.8 Å². The number of para-hydroxylation sites is 2. The van der Waals surface area contributed by atoms with Crippen LogP contribution in [0.15, 0.2) is 24.3 Å². The molecule has 5 rings (SSSR count). The lowest BCUT2D eigenvalue weighted by molar-refractivity contribution is -0.140. The summed E-state index contributed by atoms with van der Waals surface area (Å²) in [5.74, 6) is 1.29. The third kappa shape index (κ3) is 3.39. The number of hydrogen-bond acceptors (Lipinski definition) is 4. The Morgan fingerprint density at radius 3 is 2.86 bits per heavy atom. The van der Waals surface area contributed by atoms with E-state index in [9.17, 15) is 9.59 Å². The van der Waals surface area contributed by atoms with Gasteiger partial charge in [0.1, 0.15) is 12.4 Å². The molecule has 1 spiro atoms. The van der Waals surface area contributed by atoms with Gasteiger partial charge >= 0.3 is 0 Å². The number of carbonyl (C=O) groups is 2. The number of benzene rings is 1. The largest absolute Gasteiger partial charge is 0.490 e. The lowest BCUT2D eigenvalue weighted by atomic mass is 9.73. The minimum Gasteiger partial charge on any atom is -0.490 e. The predicted molar refractivity (Wildman–Crippen MR) is 106 cm³/mol. The average molecular weight is 383 g/mol. The Kier molecular flexibility index (Phi) is 4.54. The number of carbonyl (C=O) groups excluding carboxylic acids is 2. The zero-order valence-electron chi connectivity index (χ0n) is 16.4. The molecule has 1 aromatic rings. The van der Waals surface area contributed by atoms with Crippen LogP contribution in [-0.4, -0.2) is 67.0 Å². The van der Waals surface area contributed by atoms with Crippen LogP contribution in [0.3, 0.4) is 0 Å². The molecular weight excluding hydrogens is 354 g/mol. The minimum atomic E-state index is 0.152. The van der Waals surface area contributed by atoms with Crippen molar-refractivity contribution in [2.45, 2.75) is 44.6 Å². The van der Waals surface area contributed by atoms with Crippen LogP contribution in [0.1, 0.15) is 38.5 Å². The summed E-state index contributed by atoms with van der Waals surface area (Å²) in [6.07, 6.45) is 6.27. The quantitative estimate of drug-likeness (QED) is 0.804. The topological polar surface area (TPSA) is 53.1 Å². The molecule has 2 amide bonds. The molecule has 28 heavy (non-hydrogen) atoms. The van der Waals surface area contributed by atoms with E-state index in [2.05, 4.69) is 9.80 Å². The van der Waals surface area contributed by atoms with Gasteiger partial charge in [-0.05, 0) is 50.8 Å². The van der Waals surface area contributed by atoms with Crippen LogP contribution in [0, 0.1) is 5.41 Å². The lowest BCUT2D eigenvalue weighted by Crippen LogP contribution is -2.56. The number of piperidine rings is 2. The van der Waals surface area contributed by atoms with Gasteiger partial charge in [-0.15, -0.1) is 0 Å². The highest BCUT2D eigenvalue weighted by Crippen LogP contribution is 2.42. The summed E-state index contributed by atoms with van der Waals surface area (Å²) < 4.78 is 5.69. The number of ether oxygens (including phenoxy) is 1. The van der Waals surface area contributed by atoms with Gasteiger partial charge in [0.2, 0.25) is 11.8 Å². The molecule has 3 aliphatic heterocycles. The molecule has 0 bridgehead atoms. The summed E-state index contributed by atoms with van der Waals surface area (Å²) in [7, 11) is 0. The van der Waals surface area contributed by atoms with E-state index in [0.29, 0.717) is 38.1 Å². The maximum Gasteiger partial charge on any atom is 0.241 e. The van der Waals surface area contributed by atoms with Crippen molar-refractivity contribution in [3.05, 3.63) is 24.3 Å². The Morgan fingerprint density at radius 1 is 1.14 bits per heavy atom. The Bertz CT molecular complexity index is 778. The molecule has 1 saturated carbocycles. The molecule has 1 aromatic carbocycles. The standard InChI is InChI=1S/C22H29N3O3/c26-20-8-10-22(16-25(20)17-6-7-17)9-3-11-23(15-22)14-21(27)24-12-13-28-19-5-2-1-4-18(19)24/h1-2,4-5,17H,3,6-16H2. The Morgan fingerprint density at radius 2 is 2.00 bits per heavy atom. The van der Waals surface area contributed by atoms with E-state index in [0.717, 1.165) is 43.9 Å². The summed E-state index contributed by atoms with van der Waals surface area (Å²) in [5.41, 5.74) is 1.06. The van der Waals surface area contributed by atoms with E-state index in [1.165, 1.54) is 19.3 Å². The first kappa shape index (κ1) is 18.0. The van der Waals surface area contributed by atoms with Crippen LogP contribution in [-0.2, 0) is 9.59 Å². The van der Waals surface area contributed by atoms with Crippen molar-refractivity contribution in [1.29, 1.82) is 0 Å². The van der Waals surface area contributed by atoms with Crippen molar-refractivity contribution in [1.82, 2.24) is 9.80 Å². The number of nitrogens with zero attached hydrogens (tertiary/aromatic N) is 3. The fourth-order valence-electron chi connectivity index (χ4n) is 5.25. The number of anilines is 1. The molecule has 0 radical (unpaired) electrons. The minimum absolute atomic E-state index is 0.152. The first-order chi connectivity index (χ1) is 13.6. The van der Waals surface area contributed by atoms with E-state index >= 15 is 0 Å². The van der Waals surface area contributed by atoms with Crippen LogP contribution < -0.4 is 9.64 Å². The summed E-state index contributed by atoms with van der Waals surface area (Å²) in [4.78, 5) is 31.8. The monoisotopic (exact) mass is 383 g/mol. The van der Waals surface area contributed by atoms with Crippen LogP contribution in [0.4, 0.5) is 5.69 Å². The fourth-order valence-corrected chi connectivity index (χ4v) is 5.25. The zero-order valence-corrected chi connectivity index (χ0v) is 16.4. The van der Waals surface area contributed by atoms with Gasteiger partial charge in [0.15, 0.2) is 0 Å². The van der Waals surface area contributed by atoms with Crippen molar-refractivity contribution in [2.24, 2.45) is 5.41 Å². The fraction of sp³-hybridized carbons (Fsp3) is 0.636. The van der Waals surface area contributed by atoms with Gasteiger partial charge < -0.3 is 14.5 Å². The van der Waals surface area contributed by atoms with Gasteiger partial charge in [0.25, 0.3) is 0 Å². The molecule has 4 aliphatic rings. The summed E-state index contributed by atoms with van der Waals surface area (Å²) >= 11 is 0. The van der Waals surface area contributed by atoms with Crippen LogP contribution in [0.25, 0.3) is 0 Å². The second-order valence-corrected chi connectivity index (χ2v) is 8.93. The van der Waals surface area contributed by atoms with Gasteiger partial charge in [-0.3, -0.25) is 14.5 Å². The predicted octanol–water partition coefficient (Wildman–Crippen LogP) is 2.28. The molecular formula is C22H29N3O3. The summed E-state index contributed by atoms with van der Waals surface area (Å²) in [6, 6.07) is 8.28. The molecule has 150 valence electrons. The lowest BCUT2D eigenvalue weighted by Gasteiger charge is -2.48. The number of hydrogen-bond donors (Lipinski definition) is 0. The number of amides is 2. The molecule has 1 aliphatic carbocycles. The Balaban J connectivity index is 1.26. The van der Waals surface area contributed by atoms with Crippen LogP contribution >= 0.6 is 0 Å². The average Bonchev–Trinajstić information content (AvgIpc) is 3.55. The third-order valence-corrected chi connectivity index (χ3v) is 6.81. The Labute approximate surface area is 166 Å². The van der Waals surface area contributed by atoms with E-state index in [1.807, 2.05) is 29.2 Å². The SMILES string of the molecule is O=C(CN1CCCC2(CCC(=O)N(C3CC3)C2)C1)N1CCOc2ccccc21. The number of fused-ring (bicyclic) bond motifs is 1. The van der Waals surface area contributed by atoms with E-state index in [1.54, 1.807) is 0 Å². The first-order valence-corrected chi connectivity index (χ1v) is 10.7. The van der Waals surface area contributed by atoms with Crippen molar-refractivity contribution in [3.63, 3.8) is 0 Å². The molecule has 3 fully saturated rings. The van der Waals surface area contributed by atoms with Gasteiger partial charge in [0, 0.05) is 31.0 Å². The normalized spacial score (nSPS) is 28.2. The molecule has 2 saturated heterocycles. The molecule has 0 N–H and O–H groups in total. The Hall–Kier alpha value is -2.08. The molecule has 1 unspecified atom stereocenters. The van der Waals surface area contributed by atoms with Gasteiger partial charge in [-0.1, -0.05) is 12.1 Å². The molecule has 6 heteroatoms. The van der Waals surface area contributed by atoms with Crippen molar-refractivity contribution < 1.29 is 14.3 Å². The van der Waals surface area contributed by atoms with Gasteiger partial charge in [-0.2, -0.15) is 0 Å². The summed E-state index contributed by atoms with van der Waals surface area (Å²) in [6.45, 7) is 4.40. The van der Waals surface area contributed by atoms with Crippen molar-refractivity contribution in [3.8, 4) is 5.75 Å². The first-order valence-electron chi connectivity index (χ1n) is 10.7. The van der Waals surface area contributed by atoms with Crippen molar-refractivity contribution >= 4 is 17.5 Å². The number of likely N-dealkylation sites (tertiary alicyclic amines) is 2. The van der Waals surface area contributed by atoms with E-state index in [4.69, 9.17) is 4.74 Å². The smallest absolute Gasteiger partial charge is 0.241 e. The molecule has 6 nitrogen and oxygen atoms in total. The maximum atomic E-state index is 13.1.